The second-order valence-electron chi connectivity index (χ2n) is 9.88. The first-order valence-electron chi connectivity index (χ1n) is 12.8. The summed E-state index contributed by atoms with van der Waals surface area (Å²) in [6.07, 6.45) is 2.92. The number of hydrogen-bond acceptors (Lipinski definition) is 7. The molecule has 0 N–H and O–H groups in total. The number of rotatable bonds is 9. The van der Waals surface area contributed by atoms with Crippen LogP contribution in [-0.4, -0.2) is 42.8 Å². The third kappa shape index (κ3) is 5.96. The van der Waals surface area contributed by atoms with Crippen LogP contribution in [0, 0.1) is 5.92 Å². The van der Waals surface area contributed by atoms with Crippen LogP contribution >= 0.6 is 0 Å². The molecule has 1 heterocycles. The molecule has 2 amide bonds. The van der Waals surface area contributed by atoms with Crippen LogP contribution in [0.4, 0.5) is 10.5 Å². The number of para-hydroxylation sites is 1. The first-order chi connectivity index (χ1) is 18.1. The number of fused-ring (bicyclic) bond motifs is 1. The minimum atomic E-state index is -1.21. The molecule has 0 aliphatic carbocycles. The zero-order valence-electron chi connectivity index (χ0n) is 22.6. The van der Waals surface area contributed by atoms with Gasteiger partial charge in [0.2, 0.25) is 0 Å². The maximum Gasteiger partial charge on any atom is 0.421 e. The highest BCUT2D eigenvalue weighted by atomic mass is 16.6. The molecule has 2 aromatic rings. The van der Waals surface area contributed by atoms with Crippen molar-refractivity contribution in [3.05, 3.63) is 77.9 Å². The zero-order chi connectivity index (χ0) is 27.9. The molecule has 0 aromatic heterocycles. The Morgan fingerprint density at radius 1 is 0.895 bits per heavy atom. The van der Waals surface area contributed by atoms with Gasteiger partial charge >= 0.3 is 18.0 Å². The number of nitrogens with zero attached hydrogens (tertiary/aromatic N) is 1. The van der Waals surface area contributed by atoms with E-state index >= 15 is 0 Å². The fourth-order valence-electron chi connectivity index (χ4n) is 4.52. The number of benzene rings is 2. The Bertz CT molecular complexity index is 1180. The summed E-state index contributed by atoms with van der Waals surface area (Å²) in [5.41, 5.74) is -0.173. The molecule has 8 nitrogen and oxygen atoms in total. The smallest absolute Gasteiger partial charge is 0.421 e. The van der Waals surface area contributed by atoms with E-state index in [0.29, 0.717) is 16.8 Å². The predicted octanol–water partition coefficient (Wildman–Crippen LogP) is 5.33. The van der Waals surface area contributed by atoms with Crippen molar-refractivity contribution in [1.29, 1.82) is 0 Å². The number of anilines is 1. The van der Waals surface area contributed by atoms with Gasteiger partial charge in [-0.2, -0.15) is 0 Å². The molecule has 0 bridgehead atoms. The lowest BCUT2D eigenvalue weighted by atomic mass is 9.72. The van der Waals surface area contributed by atoms with E-state index in [9.17, 15) is 19.2 Å². The van der Waals surface area contributed by atoms with Crippen LogP contribution in [0.1, 0.15) is 58.6 Å². The Morgan fingerprint density at radius 2 is 1.47 bits per heavy atom. The summed E-state index contributed by atoms with van der Waals surface area (Å²) in [6, 6.07) is 16.4. The number of hydrogen-bond donors (Lipinski definition) is 0. The highest BCUT2D eigenvalue weighted by molar-refractivity contribution is 6.22. The van der Waals surface area contributed by atoms with Crippen molar-refractivity contribution in [2.75, 3.05) is 18.1 Å². The number of amides is 2. The average Bonchev–Trinajstić information content (AvgIpc) is 3.12. The van der Waals surface area contributed by atoms with Gasteiger partial charge in [-0.3, -0.25) is 14.4 Å². The second kappa shape index (κ2) is 12.1. The highest BCUT2D eigenvalue weighted by Gasteiger charge is 2.54. The molecule has 0 saturated heterocycles. The topological polar surface area (TPSA) is 99.2 Å². The Kier molecular flexibility index (Phi) is 9.09. The van der Waals surface area contributed by atoms with E-state index in [1.54, 1.807) is 58.9 Å². The van der Waals surface area contributed by atoms with Crippen LogP contribution < -0.4 is 4.90 Å². The summed E-state index contributed by atoms with van der Waals surface area (Å²) in [5.74, 6) is -2.86. The third-order valence-corrected chi connectivity index (χ3v) is 6.12. The molecule has 0 radical (unpaired) electrons. The molecule has 1 aliphatic heterocycles. The predicted molar refractivity (Wildman–Crippen MR) is 143 cm³/mol. The fourth-order valence-corrected chi connectivity index (χ4v) is 4.52. The second-order valence-corrected chi connectivity index (χ2v) is 9.88. The van der Waals surface area contributed by atoms with E-state index in [4.69, 9.17) is 14.2 Å². The van der Waals surface area contributed by atoms with E-state index in [0.717, 1.165) is 4.90 Å². The van der Waals surface area contributed by atoms with Gasteiger partial charge in [-0.05, 0) is 64.7 Å². The van der Waals surface area contributed by atoms with Crippen molar-refractivity contribution in [3.8, 4) is 0 Å². The number of esters is 2. The monoisotopic (exact) mass is 521 g/mol. The molecule has 2 aromatic carbocycles. The van der Waals surface area contributed by atoms with Crippen molar-refractivity contribution in [2.24, 2.45) is 5.92 Å². The van der Waals surface area contributed by atoms with E-state index in [1.165, 1.54) is 0 Å². The number of imide groups is 1. The number of allylic oxidation sites excluding steroid dienone is 2. The standard InChI is InChI=1S/C30H35NO7/c1-6-36-25(32)22(26(33)37-7-2)17-13-14-20-30(21-15-9-8-10-16-21)23-18-11-12-19-24(23)31(27(30)34)28(35)38-29(3,4)5/h8-16,18-19,22H,6-7,17,20H2,1-5H3/b14-13-. The van der Waals surface area contributed by atoms with E-state index in [-0.39, 0.29) is 26.1 Å². The Balaban J connectivity index is 2.01. The van der Waals surface area contributed by atoms with E-state index < -0.39 is 40.9 Å². The normalized spacial score (nSPS) is 17.0. The molecular weight excluding hydrogens is 486 g/mol. The molecular formula is C30H35NO7. The largest absolute Gasteiger partial charge is 0.465 e. The Morgan fingerprint density at radius 3 is 2.05 bits per heavy atom. The molecule has 1 aliphatic rings. The van der Waals surface area contributed by atoms with Crippen LogP contribution in [0.3, 0.4) is 0 Å². The van der Waals surface area contributed by atoms with Gasteiger partial charge in [0, 0.05) is 0 Å². The van der Waals surface area contributed by atoms with Crippen LogP contribution in [0.25, 0.3) is 0 Å². The molecule has 1 unspecified atom stereocenters. The van der Waals surface area contributed by atoms with Gasteiger partial charge in [0.05, 0.1) is 18.9 Å². The lowest BCUT2D eigenvalue weighted by molar-refractivity contribution is -0.161. The molecule has 8 heteroatoms. The summed E-state index contributed by atoms with van der Waals surface area (Å²) < 4.78 is 15.7. The number of ether oxygens (including phenoxy) is 3. The highest BCUT2D eigenvalue weighted by Crippen LogP contribution is 2.49. The summed E-state index contributed by atoms with van der Waals surface area (Å²) in [5, 5.41) is 0. The van der Waals surface area contributed by atoms with Crippen LogP contribution in [-0.2, 0) is 34.0 Å². The van der Waals surface area contributed by atoms with Crippen molar-refractivity contribution in [1.82, 2.24) is 0 Å². The fraction of sp³-hybridized carbons (Fsp3) is 0.400. The minimum Gasteiger partial charge on any atom is -0.465 e. The molecule has 38 heavy (non-hydrogen) atoms. The van der Waals surface area contributed by atoms with Crippen LogP contribution in [0.5, 0.6) is 0 Å². The molecule has 202 valence electrons. The summed E-state index contributed by atoms with van der Waals surface area (Å²) in [7, 11) is 0. The first-order valence-corrected chi connectivity index (χ1v) is 12.8. The van der Waals surface area contributed by atoms with Gasteiger partial charge in [-0.1, -0.05) is 60.7 Å². The van der Waals surface area contributed by atoms with Crippen molar-refractivity contribution in [2.45, 2.75) is 58.5 Å². The Hall–Kier alpha value is -3.94. The molecule has 0 saturated carbocycles. The van der Waals surface area contributed by atoms with Crippen molar-refractivity contribution >= 4 is 29.6 Å². The average molecular weight is 522 g/mol. The van der Waals surface area contributed by atoms with Crippen LogP contribution in [0.15, 0.2) is 66.7 Å². The van der Waals surface area contributed by atoms with Crippen molar-refractivity contribution < 1.29 is 33.4 Å². The van der Waals surface area contributed by atoms with Gasteiger partial charge in [0.1, 0.15) is 11.0 Å². The van der Waals surface area contributed by atoms with Crippen molar-refractivity contribution in [3.63, 3.8) is 0 Å². The lowest BCUT2D eigenvalue weighted by Gasteiger charge is -2.29. The summed E-state index contributed by atoms with van der Waals surface area (Å²) in [6.45, 7) is 8.84. The number of carbonyl (C=O) groups excluding carboxylic acids is 4. The molecule has 1 atom stereocenters. The third-order valence-electron chi connectivity index (χ3n) is 6.12. The summed E-state index contributed by atoms with van der Waals surface area (Å²) in [4.78, 5) is 53.2. The molecule has 0 fully saturated rings. The SMILES string of the molecule is CCOC(=O)C(C/C=C\CC1(c2ccccc2)C(=O)N(C(=O)OC(C)(C)C)c2ccccc21)C(=O)OCC. The van der Waals surface area contributed by atoms with E-state index in [2.05, 4.69) is 0 Å². The number of carbonyl (C=O) groups is 4. The Labute approximate surface area is 223 Å². The lowest BCUT2D eigenvalue weighted by Crippen LogP contribution is -2.45. The van der Waals surface area contributed by atoms with Gasteiger partial charge in [0.25, 0.3) is 5.91 Å². The minimum absolute atomic E-state index is 0.0498. The maximum atomic E-state index is 14.2. The van der Waals surface area contributed by atoms with E-state index in [1.807, 2.05) is 42.5 Å². The van der Waals surface area contributed by atoms with Gasteiger partial charge < -0.3 is 14.2 Å². The van der Waals surface area contributed by atoms with Gasteiger partial charge in [-0.15, -0.1) is 0 Å². The summed E-state index contributed by atoms with van der Waals surface area (Å²) >= 11 is 0. The maximum absolute atomic E-state index is 14.2. The van der Waals surface area contributed by atoms with Crippen LogP contribution in [0.2, 0.25) is 0 Å². The van der Waals surface area contributed by atoms with Gasteiger partial charge in [-0.25, -0.2) is 9.69 Å². The first kappa shape index (κ1) is 28.6. The molecule has 0 spiro atoms. The van der Waals surface area contributed by atoms with Gasteiger partial charge in [0.15, 0.2) is 5.92 Å². The quantitative estimate of drug-likeness (QED) is 0.190. The molecule has 3 rings (SSSR count). The zero-order valence-corrected chi connectivity index (χ0v) is 22.6.